The number of carbonyl (C=O) groups excluding carboxylic acids is 1. The minimum Gasteiger partial charge on any atom is -0.486 e. The Balaban J connectivity index is 1.41. The van der Waals surface area contributed by atoms with Gasteiger partial charge in [0, 0.05) is 30.4 Å². The number of nitrogens with zero attached hydrogens (tertiary/aromatic N) is 5. The number of ether oxygens (including phenoxy) is 1. The van der Waals surface area contributed by atoms with Crippen LogP contribution in [-0.2, 0) is 11.2 Å². The fraction of sp³-hybridized carbons (Fsp3) is 0.360. The van der Waals surface area contributed by atoms with Gasteiger partial charge in [-0.3, -0.25) is 9.78 Å². The van der Waals surface area contributed by atoms with E-state index in [1.165, 1.54) is 6.07 Å². The molecule has 2 aliphatic heterocycles. The normalized spacial score (nSPS) is 15.9. The minimum absolute atomic E-state index is 0.00368. The van der Waals surface area contributed by atoms with E-state index >= 15 is 0 Å². The average molecular weight is 481 g/mol. The van der Waals surface area contributed by atoms with E-state index in [0.717, 1.165) is 18.4 Å². The zero-order chi connectivity index (χ0) is 24.5. The second-order valence-electron chi connectivity index (χ2n) is 8.83. The molecule has 1 saturated heterocycles. The number of anilines is 2. The van der Waals surface area contributed by atoms with Crippen molar-refractivity contribution >= 4 is 17.3 Å². The van der Waals surface area contributed by atoms with Crippen molar-refractivity contribution in [3.63, 3.8) is 0 Å². The van der Waals surface area contributed by atoms with Gasteiger partial charge in [0.25, 0.3) is 0 Å². The van der Waals surface area contributed by atoms with Gasteiger partial charge in [0.05, 0.1) is 43.3 Å². The molecule has 10 heteroatoms. The highest BCUT2D eigenvalue weighted by Gasteiger charge is 2.26. The fourth-order valence-electron chi connectivity index (χ4n) is 4.39. The number of rotatable bonds is 5. The van der Waals surface area contributed by atoms with Gasteiger partial charge in [-0.05, 0) is 38.1 Å². The fourth-order valence-corrected chi connectivity index (χ4v) is 4.39. The van der Waals surface area contributed by atoms with Gasteiger partial charge >= 0.3 is 0 Å². The Morgan fingerprint density at radius 2 is 1.97 bits per heavy atom. The van der Waals surface area contributed by atoms with Gasteiger partial charge in [-0.25, -0.2) is 18.7 Å². The maximum Gasteiger partial charge on any atom is 0.241 e. The van der Waals surface area contributed by atoms with Crippen LogP contribution in [-0.4, -0.2) is 59.7 Å². The molecule has 0 radical (unpaired) electrons. The van der Waals surface area contributed by atoms with Gasteiger partial charge < -0.3 is 19.9 Å². The predicted octanol–water partition coefficient (Wildman–Crippen LogP) is 2.95. The second kappa shape index (κ2) is 9.53. The number of hydrogen-bond acceptors (Lipinski definition) is 7. The topological polar surface area (TPSA) is 83.5 Å². The van der Waals surface area contributed by atoms with Crippen LogP contribution in [0.4, 0.5) is 20.2 Å². The Morgan fingerprint density at radius 3 is 2.71 bits per heavy atom. The van der Waals surface area contributed by atoms with E-state index in [1.54, 1.807) is 23.2 Å². The summed E-state index contributed by atoms with van der Waals surface area (Å²) >= 11 is 0. The van der Waals surface area contributed by atoms with E-state index in [0.29, 0.717) is 49.0 Å². The second-order valence-corrected chi connectivity index (χ2v) is 8.83. The number of carbonyl (C=O) groups is 1. The SMILES string of the molecule is CC(C)N1CCOc2c(F)cc(-c3nc(Cc4ccc(N5CCNCC5=O)cn4)ncc3F)cc21. The molecule has 1 N–H and O–H groups in total. The Bertz CT molecular complexity index is 1250. The molecule has 1 aromatic carbocycles. The lowest BCUT2D eigenvalue weighted by Crippen LogP contribution is -2.48. The molecule has 2 aromatic heterocycles. The van der Waals surface area contributed by atoms with E-state index < -0.39 is 11.6 Å². The number of nitrogens with one attached hydrogen (secondary N) is 1. The Hall–Kier alpha value is -3.66. The summed E-state index contributed by atoms with van der Waals surface area (Å²) < 4.78 is 35.2. The van der Waals surface area contributed by atoms with E-state index in [-0.39, 0.29) is 29.8 Å². The van der Waals surface area contributed by atoms with Crippen LogP contribution in [0.15, 0.2) is 36.7 Å². The standard InChI is InChI=1S/C25H26F2N6O2/c1-15(2)32-7-8-35-25-19(26)9-16(10-21(25)32)24-20(27)13-30-22(31-24)11-17-3-4-18(12-29-17)33-6-5-28-14-23(33)34/h3-4,9-10,12-13,15,28H,5-8,11,14H2,1-2H3. The summed E-state index contributed by atoms with van der Waals surface area (Å²) in [6, 6.07) is 6.71. The molecule has 0 atom stereocenters. The first-order valence-corrected chi connectivity index (χ1v) is 11.6. The molecule has 4 heterocycles. The zero-order valence-electron chi connectivity index (χ0n) is 19.6. The van der Waals surface area contributed by atoms with Crippen LogP contribution in [0.5, 0.6) is 5.75 Å². The van der Waals surface area contributed by atoms with E-state index in [2.05, 4.69) is 20.3 Å². The van der Waals surface area contributed by atoms with E-state index in [4.69, 9.17) is 4.74 Å². The lowest BCUT2D eigenvalue weighted by Gasteiger charge is -2.34. The summed E-state index contributed by atoms with van der Waals surface area (Å²) in [6.45, 7) is 6.65. The Kier molecular flexibility index (Phi) is 6.29. The van der Waals surface area contributed by atoms with Crippen LogP contribution in [0.2, 0.25) is 0 Å². The molecule has 2 aliphatic rings. The third-order valence-electron chi connectivity index (χ3n) is 6.15. The molecule has 1 fully saturated rings. The number of aromatic nitrogens is 3. The number of piperazine rings is 1. The van der Waals surface area contributed by atoms with Crippen molar-refractivity contribution in [3.8, 4) is 17.0 Å². The van der Waals surface area contributed by atoms with Crippen LogP contribution in [0.25, 0.3) is 11.3 Å². The molecule has 5 rings (SSSR count). The summed E-state index contributed by atoms with van der Waals surface area (Å²) in [5.41, 5.74) is 2.32. The van der Waals surface area contributed by atoms with Gasteiger partial charge in [-0.1, -0.05) is 0 Å². The molecule has 0 saturated carbocycles. The summed E-state index contributed by atoms with van der Waals surface area (Å²) in [5.74, 6) is -0.662. The Labute approximate surface area is 202 Å². The molecule has 8 nitrogen and oxygen atoms in total. The molecule has 0 bridgehead atoms. The van der Waals surface area contributed by atoms with Crippen LogP contribution >= 0.6 is 0 Å². The first-order valence-electron chi connectivity index (χ1n) is 11.6. The lowest BCUT2D eigenvalue weighted by atomic mass is 10.1. The minimum atomic E-state index is -0.638. The van der Waals surface area contributed by atoms with Crippen molar-refractivity contribution in [1.29, 1.82) is 0 Å². The quantitative estimate of drug-likeness (QED) is 0.601. The highest BCUT2D eigenvalue weighted by molar-refractivity contribution is 5.95. The highest BCUT2D eigenvalue weighted by atomic mass is 19.1. The van der Waals surface area contributed by atoms with Crippen LogP contribution < -0.4 is 19.9 Å². The van der Waals surface area contributed by atoms with E-state index in [1.807, 2.05) is 24.8 Å². The molecular weight excluding hydrogens is 454 g/mol. The Morgan fingerprint density at radius 1 is 1.11 bits per heavy atom. The summed E-state index contributed by atoms with van der Waals surface area (Å²) in [7, 11) is 0. The van der Waals surface area contributed by atoms with Gasteiger partial charge in [0.1, 0.15) is 18.1 Å². The number of benzene rings is 1. The van der Waals surface area contributed by atoms with Crippen molar-refractivity contribution in [2.24, 2.45) is 0 Å². The van der Waals surface area contributed by atoms with Crippen LogP contribution in [0.3, 0.4) is 0 Å². The first kappa shape index (κ1) is 23.1. The van der Waals surface area contributed by atoms with Crippen molar-refractivity contribution in [2.45, 2.75) is 26.3 Å². The number of fused-ring (bicyclic) bond motifs is 1. The van der Waals surface area contributed by atoms with Crippen LogP contribution in [0.1, 0.15) is 25.4 Å². The summed E-state index contributed by atoms with van der Waals surface area (Å²) in [6.07, 6.45) is 3.00. The van der Waals surface area contributed by atoms with Gasteiger partial charge in [0.15, 0.2) is 17.4 Å². The largest absolute Gasteiger partial charge is 0.486 e. The molecule has 0 spiro atoms. The molecule has 182 valence electrons. The third kappa shape index (κ3) is 4.66. The van der Waals surface area contributed by atoms with Crippen molar-refractivity contribution in [1.82, 2.24) is 20.3 Å². The maximum atomic E-state index is 14.9. The number of halogens is 2. The van der Waals surface area contributed by atoms with Gasteiger partial charge in [-0.15, -0.1) is 0 Å². The number of amides is 1. The first-order chi connectivity index (χ1) is 16.9. The lowest BCUT2D eigenvalue weighted by molar-refractivity contribution is -0.118. The van der Waals surface area contributed by atoms with Crippen molar-refractivity contribution < 1.29 is 18.3 Å². The number of pyridine rings is 1. The molecular formula is C25H26F2N6O2. The molecule has 0 aliphatic carbocycles. The molecule has 35 heavy (non-hydrogen) atoms. The monoisotopic (exact) mass is 480 g/mol. The van der Waals surface area contributed by atoms with E-state index in [9.17, 15) is 13.6 Å². The van der Waals surface area contributed by atoms with Crippen molar-refractivity contribution in [2.75, 3.05) is 42.6 Å². The van der Waals surface area contributed by atoms with Crippen LogP contribution in [0, 0.1) is 11.6 Å². The molecule has 0 unspecified atom stereocenters. The maximum absolute atomic E-state index is 14.9. The summed E-state index contributed by atoms with van der Waals surface area (Å²) in [4.78, 5) is 28.8. The summed E-state index contributed by atoms with van der Waals surface area (Å²) in [5, 5.41) is 3.04. The predicted molar refractivity (Wildman–Crippen MR) is 128 cm³/mol. The zero-order valence-corrected chi connectivity index (χ0v) is 19.6. The van der Waals surface area contributed by atoms with Gasteiger partial charge in [0.2, 0.25) is 5.91 Å². The third-order valence-corrected chi connectivity index (χ3v) is 6.15. The molecule has 3 aromatic rings. The van der Waals surface area contributed by atoms with Gasteiger partial charge in [-0.2, -0.15) is 0 Å². The average Bonchev–Trinajstić information content (AvgIpc) is 2.85. The number of hydrogen-bond donors (Lipinski definition) is 1. The highest BCUT2D eigenvalue weighted by Crippen LogP contribution is 2.39. The molecule has 1 amide bonds. The smallest absolute Gasteiger partial charge is 0.241 e. The van der Waals surface area contributed by atoms with Crippen molar-refractivity contribution in [3.05, 3.63) is 59.8 Å².